The molecule has 0 aliphatic carbocycles. The Kier molecular flexibility index (Phi) is 4.57. The summed E-state index contributed by atoms with van der Waals surface area (Å²) in [6, 6.07) is 3.50. The Morgan fingerprint density at radius 1 is 1.50 bits per heavy atom. The predicted molar refractivity (Wildman–Crippen MR) is 71.8 cm³/mol. The molecule has 1 saturated heterocycles. The number of likely N-dealkylation sites (tertiary alicyclic amines) is 1. The van der Waals surface area contributed by atoms with Gasteiger partial charge in [0.05, 0.1) is 12.6 Å². The number of hydrogen-bond donors (Lipinski definition) is 3. The minimum atomic E-state index is -0.214. The Bertz CT molecular complexity index is 402. The maximum atomic E-state index is 11.8. The van der Waals surface area contributed by atoms with Gasteiger partial charge in [0.2, 0.25) is 5.91 Å². The van der Waals surface area contributed by atoms with Crippen LogP contribution in [0.2, 0.25) is 0 Å². The second-order valence-electron chi connectivity index (χ2n) is 4.46. The lowest BCUT2D eigenvalue weighted by Gasteiger charge is -2.28. The van der Waals surface area contributed by atoms with Crippen molar-refractivity contribution in [3.63, 3.8) is 0 Å². The first-order valence-corrected chi connectivity index (χ1v) is 6.43. The van der Waals surface area contributed by atoms with E-state index in [9.17, 15) is 9.90 Å². The monoisotopic (exact) mass is 267 g/mol. The number of carbonyl (C=O) groups is 1. The first-order chi connectivity index (χ1) is 8.63. The van der Waals surface area contributed by atoms with Crippen LogP contribution in [-0.4, -0.2) is 46.6 Å². The van der Waals surface area contributed by atoms with Gasteiger partial charge in [-0.25, -0.2) is 4.98 Å². The third-order valence-electron chi connectivity index (χ3n) is 2.94. The van der Waals surface area contributed by atoms with Crippen LogP contribution in [-0.2, 0) is 4.79 Å². The van der Waals surface area contributed by atoms with Gasteiger partial charge in [-0.3, -0.25) is 9.69 Å². The SMILES string of the molecule is O=C(CN1CCC(O)CC1)Nc1ccc(S)cn1. The molecule has 0 radical (unpaired) electrons. The van der Waals surface area contributed by atoms with Gasteiger partial charge in [-0.15, -0.1) is 12.6 Å². The number of carbonyl (C=O) groups excluding carboxylic acids is 1. The van der Waals surface area contributed by atoms with E-state index in [0.717, 1.165) is 30.8 Å². The Labute approximate surface area is 112 Å². The van der Waals surface area contributed by atoms with Crippen LogP contribution in [0.1, 0.15) is 12.8 Å². The number of nitrogens with zero attached hydrogens (tertiary/aromatic N) is 2. The topological polar surface area (TPSA) is 65.5 Å². The van der Waals surface area contributed by atoms with E-state index < -0.39 is 0 Å². The zero-order chi connectivity index (χ0) is 13.0. The maximum Gasteiger partial charge on any atom is 0.239 e. The summed E-state index contributed by atoms with van der Waals surface area (Å²) < 4.78 is 0. The fraction of sp³-hybridized carbons (Fsp3) is 0.500. The van der Waals surface area contributed by atoms with Gasteiger partial charge in [-0.1, -0.05) is 0 Å². The molecule has 2 heterocycles. The van der Waals surface area contributed by atoms with Crippen molar-refractivity contribution in [2.24, 2.45) is 0 Å². The number of rotatable bonds is 3. The highest BCUT2D eigenvalue weighted by Crippen LogP contribution is 2.10. The lowest BCUT2D eigenvalue weighted by Crippen LogP contribution is -2.40. The predicted octanol–water partition coefficient (Wildman–Crippen LogP) is 0.765. The molecule has 0 atom stereocenters. The molecule has 0 saturated carbocycles. The highest BCUT2D eigenvalue weighted by Gasteiger charge is 2.18. The van der Waals surface area contributed by atoms with Crippen LogP contribution in [0.3, 0.4) is 0 Å². The highest BCUT2D eigenvalue weighted by atomic mass is 32.1. The lowest BCUT2D eigenvalue weighted by molar-refractivity contribution is -0.117. The van der Waals surface area contributed by atoms with E-state index in [1.807, 2.05) is 4.90 Å². The number of aromatic nitrogens is 1. The summed E-state index contributed by atoms with van der Waals surface area (Å²) in [6.07, 6.45) is 2.85. The summed E-state index contributed by atoms with van der Waals surface area (Å²) in [6.45, 7) is 1.87. The van der Waals surface area contributed by atoms with Gasteiger partial charge >= 0.3 is 0 Å². The number of pyridine rings is 1. The van der Waals surface area contributed by atoms with Gasteiger partial charge in [0.1, 0.15) is 5.82 Å². The zero-order valence-electron chi connectivity index (χ0n) is 10.0. The van der Waals surface area contributed by atoms with E-state index in [1.54, 1.807) is 18.3 Å². The number of anilines is 1. The van der Waals surface area contributed by atoms with Gasteiger partial charge in [-0.05, 0) is 25.0 Å². The Morgan fingerprint density at radius 3 is 2.83 bits per heavy atom. The van der Waals surface area contributed by atoms with Gasteiger partial charge in [0, 0.05) is 24.2 Å². The minimum absolute atomic E-state index is 0.0780. The van der Waals surface area contributed by atoms with Crippen LogP contribution in [0.25, 0.3) is 0 Å². The third-order valence-corrected chi connectivity index (χ3v) is 3.20. The highest BCUT2D eigenvalue weighted by molar-refractivity contribution is 7.80. The average molecular weight is 267 g/mol. The Hall–Kier alpha value is -1.11. The molecule has 0 spiro atoms. The van der Waals surface area contributed by atoms with Crippen molar-refractivity contribution in [2.75, 3.05) is 25.0 Å². The van der Waals surface area contributed by atoms with Crippen LogP contribution in [0.5, 0.6) is 0 Å². The van der Waals surface area contributed by atoms with Crippen LogP contribution >= 0.6 is 12.6 Å². The molecule has 18 heavy (non-hydrogen) atoms. The van der Waals surface area contributed by atoms with Crippen molar-refractivity contribution in [3.8, 4) is 0 Å². The average Bonchev–Trinajstić information content (AvgIpc) is 2.35. The van der Waals surface area contributed by atoms with Crippen molar-refractivity contribution in [1.29, 1.82) is 0 Å². The van der Waals surface area contributed by atoms with Crippen molar-refractivity contribution in [3.05, 3.63) is 18.3 Å². The van der Waals surface area contributed by atoms with E-state index >= 15 is 0 Å². The summed E-state index contributed by atoms with van der Waals surface area (Å²) in [5, 5.41) is 12.1. The smallest absolute Gasteiger partial charge is 0.239 e. The first kappa shape index (κ1) is 13.3. The lowest BCUT2D eigenvalue weighted by atomic mass is 10.1. The summed E-state index contributed by atoms with van der Waals surface area (Å²) in [7, 11) is 0. The molecule has 0 bridgehead atoms. The molecule has 0 unspecified atom stereocenters. The zero-order valence-corrected chi connectivity index (χ0v) is 10.9. The summed E-state index contributed by atoms with van der Waals surface area (Å²) in [5.41, 5.74) is 0. The molecule has 5 nitrogen and oxygen atoms in total. The molecule has 2 rings (SSSR count). The summed E-state index contributed by atoms with van der Waals surface area (Å²) in [5.74, 6) is 0.459. The van der Waals surface area contributed by atoms with Crippen LogP contribution in [0.4, 0.5) is 5.82 Å². The number of aliphatic hydroxyl groups is 1. The van der Waals surface area contributed by atoms with Crippen molar-refractivity contribution in [2.45, 2.75) is 23.8 Å². The largest absolute Gasteiger partial charge is 0.393 e. The van der Waals surface area contributed by atoms with Crippen molar-refractivity contribution in [1.82, 2.24) is 9.88 Å². The summed E-state index contributed by atoms with van der Waals surface area (Å²) >= 11 is 4.13. The number of nitrogens with one attached hydrogen (secondary N) is 1. The first-order valence-electron chi connectivity index (χ1n) is 5.99. The Balaban J connectivity index is 1.80. The standard InChI is InChI=1S/C12H17N3O2S/c16-9-3-5-15(6-4-9)8-12(17)14-11-2-1-10(18)7-13-11/h1-2,7,9,16,18H,3-6,8H2,(H,13,14,17). The van der Waals surface area contributed by atoms with E-state index in [2.05, 4.69) is 22.9 Å². The molecule has 1 amide bonds. The van der Waals surface area contributed by atoms with E-state index in [4.69, 9.17) is 0 Å². The minimum Gasteiger partial charge on any atom is -0.393 e. The molecule has 1 aliphatic rings. The fourth-order valence-electron chi connectivity index (χ4n) is 1.92. The number of hydrogen-bond acceptors (Lipinski definition) is 5. The summed E-state index contributed by atoms with van der Waals surface area (Å²) in [4.78, 5) is 18.6. The Morgan fingerprint density at radius 2 is 2.22 bits per heavy atom. The van der Waals surface area contributed by atoms with Gasteiger partial charge in [0.25, 0.3) is 0 Å². The van der Waals surface area contributed by atoms with Crippen LogP contribution in [0, 0.1) is 0 Å². The quantitative estimate of drug-likeness (QED) is 0.708. The van der Waals surface area contributed by atoms with E-state index in [1.165, 1.54) is 0 Å². The number of amides is 1. The van der Waals surface area contributed by atoms with Gasteiger partial charge in [0.15, 0.2) is 0 Å². The second-order valence-corrected chi connectivity index (χ2v) is 4.97. The molecule has 1 aromatic heterocycles. The second kappa shape index (κ2) is 6.17. The van der Waals surface area contributed by atoms with Gasteiger partial charge in [-0.2, -0.15) is 0 Å². The van der Waals surface area contributed by atoms with Crippen LogP contribution in [0.15, 0.2) is 23.2 Å². The molecule has 2 N–H and O–H groups in total. The molecule has 98 valence electrons. The van der Waals surface area contributed by atoms with E-state index in [0.29, 0.717) is 12.4 Å². The molecule has 1 fully saturated rings. The van der Waals surface area contributed by atoms with Gasteiger partial charge < -0.3 is 10.4 Å². The van der Waals surface area contributed by atoms with Crippen molar-refractivity contribution < 1.29 is 9.90 Å². The molecule has 1 aliphatic heterocycles. The normalized spacial score (nSPS) is 17.7. The number of thiol groups is 1. The molecular weight excluding hydrogens is 250 g/mol. The fourth-order valence-corrected chi connectivity index (χ4v) is 2.06. The third kappa shape index (κ3) is 3.97. The van der Waals surface area contributed by atoms with Crippen molar-refractivity contribution >= 4 is 24.4 Å². The molecule has 6 heteroatoms. The molecule has 0 aromatic carbocycles. The molecular formula is C12H17N3O2S. The number of piperidine rings is 1. The number of aliphatic hydroxyl groups excluding tert-OH is 1. The van der Waals surface area contributed by atoms with Crippen LogP contribution < -0.4 is 5.32 Å². The maximum absolute atomic E-state index is 11.8. The van der Waals surface area contributed by atoms with E-state index in [-0.39, 0.29) is 12.0 Å². The molecule has 1 aromatic rings.